The van der Waals surface area contributed by atoms with Gasteiger partial charge in [-0.05, 0) is 48.0 Å². The molecule has 0 saturated carbocycles. The molecule has 4 aromatic rings. The first-order valence-corrected chi connectivity index (χ1v) is 9.16. The molecule has 0 aliphatic rings. The number of nitrogens with zero attached hydrogens (tertiary/aromatic N) is 2. The molecule has 0 aliphatic heterocycles. The van der Waals surface area contributed by atoms with E-state index < -0.39 is 0 Å². The molecule has 0 bridgehead atoms. The second-order valence-corrected chi connectivity index (χ2v) is 7.27. The fourth-order valence-corrected chi connectivity index (χ4v) is 3.52. The zero-order chi connectivity index (χ0) is 18.3. The molecular weight excluding hydrogens is 417 g/mol. The Bertz CT molecular complexity index is 1160. The van der Waals surface area contributed by atoms with Crippen LogP contribution in [0.15, 0.2) is 71.2 Å². The summed E-state index contributed by atoms with van der Waals surface area (Å²) in [7, 11) is 0. The molecular formula is C20H14BrClFN3. The summed E-state index contributed by atoms with van der Waals surface area (Å²) in [6.07, 6.45) is 0. The zero-order valence-corrected chi connectivity index (χ0v) is 15.9. The Morgan fingerprint density at radius 3 is 2.42 bits per heavy atom. The second kappa shape index (κ2) is 6.74. The molecule has 0 radical (unpaired) electrons. The topological polar surface area (TPSA) is 33.7 Å². The van der Waals surface area contributed by atoms with Crippen LogP contribution in [0.3, 0.4) is 0 Å². The lowest BCUT2D eigenvalue weighted by Crippen LogP contribution is -2.24. The highest BCUT2D eigenvalue weighted by Crippen LogP contribution is 2.23. The molecule has 0 aliphatic carbocycles. The molecule has 130 valence electrons. The van der Waals surface area contributed by atoms with Gasteiger partial charge in [-0.15, -0.1) is 0 Å². The molecule has 0 fully saturated rings. The van der Waals surface area contributed by atoms with Gasteiger partial charge in [-0.2, -0.15) is 0 Å². The molecule has 6 heteroatoms. The Labute approximate surface area is 162 Å². The van der Waals surface area contributed by atoms with Crippen molar-refractivity contribution in [3.8, 4) is 5.69 Å². The van der Waals surface area contributed by atoms with Gasteiger partial charge in [0.2, 0.25) is 5.62 Å². The van der Waals surface area contributed by atoms with E-state index >= 15 is 0 Å². The maximum Gasteiger partial charge on any atom is 0.208 e. The summed E-state index contributed by atoms with van der Waals surface area (Å²) in [5, 5.41) is 9.35. The summed E-state index contributed by atoms with van der Waals surface area (Å²) in [6, 6.07) is 19.7. The minimum absolute atomic E-state index is 0.257. The summed E-state index contributed by atoms with van der Waals surface area (Å²) in [4.78, 5) is 0. The number of hydrogen-bond acceptors (Lipinski definition) is 1. The van der Waals surface area contributed by atoms with E-state index in [9.17, 15) is 4.39 Å². The number of halogens is 3. The van der Waals surface area contributed by atoms with Crippen molar-refractivity contribution in [3.05, 3.63) is 93.2 Å². The van der Waals surface area contributed by atoms with Crippen molar-refractivity contribution in [2.75, 3.05) is 0 Å². The molecule has 0 spiro atoms. The Kier molecular flexibility index (Phi) is 4.42. The average molecular weight is 431 g/mol. The van der Waals surface area contributed by atoms with E-state index in [0.717, 1.165) is 21.2 Å². The van der Waals surface area contributed by atoms with E-state index in [2.05, 4.69) is 15.9 Å². The van der Waals surface area contributed by atoms with E-state index in [1.165, 1.54) is 12.1 Å². The number of aromatic nitrogens is 2. The fraction of sp³-hybridized carbons (Fsp3) is 0.0500. The Hall–Kier alpha value is -2.37. The van der Waals surface area contributed by atoms with E-state index in [1.54, 1.807) is 10.6 Å². The Morgan fingerprint density at radius 2 is 1.69 bits per heavy atom. The number of fused-ring (bicyclic) bond motifs is 1. The predicted octanol–water partition coefficient (Wildman–Crippen LogP) is 5.51. The number of hydrogen-bond donors (Lipinski definition) is 1. The zero-order valence-electron chi connectivity index (χ0n) is 13.6. The van der Waals surface area contributed by atoms with Crippen molar-refractivity contribution in [1.82, 2.24) is 9.13 Å². The van der Waals surface area contributed by atoms with E-state index in [0.29, 0.717) is 17.1 Å². The van der Waals surface area contributed by atoms with Gasteiger partial charge in [-0.25, -0.2) is 4.39 Å². The lowest BCUT2D eigenvalue weighted by molar-refractivity contribution is 0.629. The molecule has 0 amide bonds. The van der Waals surface area contributed by atoms with Crippen LogP contribution in [0.2, 0.25) is 5.02 Å². The van der Waals surface area contributed by atoms with Crippen LogP contribution < -0.4 is 5.62 Å². The van der Waals surface area contributed by atoms with Crippen molar-refractivity contribution in [2.24, 2.45) is 0 Å². The van der Waals surface area contributed by atoms with Crippen molar-refractivity contribution in [1.29, 1.82) is 5.41 Å². The summed E-state index contributed by atoms with van der Waals surface area (Å²) in [5.41, 5.74) is 3.38. The van der Waals surface area contributed by atoms with Crippen LogP contribution in [0.25, 0.3) is 16.7 Å². The number of nitrogens with one attached hydrogen (secondary N) is 1. The van der Waals surface area contributed by atoms with Gasteiger partial charge in [0, 0.05) is 21.2 Å². The monoisotopic (exact) mass is 429 g/mol. The van der Waals surface area contributed by atoms with Crippen LogP contribution in [0, 0.1) is 11.2 Å². The maximum atomic E-state index is 13.9. The summed E-state index contributed by atoms with van der Waals surface area (Å²) >= 11 is 9.72. The quantitative estimate of drug-likeness (QED) is 0.444. The third-order valence-corrected chi connectivity index (χ3v) is 5.21. The van der Waals surface area contributed by atoms with Crippen LogP contribution in [0.1, 0.15) is 5.56 Å². The highest BCUT2D eigenvalue weighted by atomic mass is 79.9. The van der Waals surface area contributed by atoms with Gasteiger partial charge in [0.1, 0.15) is 5.82 Å². The van der Waals surface area contributed by atoms with Crippen molar-refractivity contribution >= 4 is 38.6 Å². The average Bonchev–Trinajstić information content (AvgIpc) is 2.89. The van der Waals surface area contributed by atoms with Crippen LogP contribution in [-0.4, -0.2) is 9.13 Å². The van der Waals surface area contributed by atoms with Crippen LogP contribution in [0.5, 0.6) is 0 Å². The normalized spacial score (nSPS) is 11.2. The number of benzene rings is 3. The molecule has 0 saturated heterocycles. The second-order valence-electron chi connectivity index (χ2n) is 5.95. The Morgan fingerprint density at radius 1 is 0.962 bits per heavy atom. The molecule has 26 heavy (non-hydrogen) atoms. The van der Waals surface area contributed by atoms with Crippen molar-refractivity contribution in [3.63, 3.8) is 0 Å². The number of imidazole rings is 1. The predicted molar refractivity (Wildman–Crippen MR) is 105 cm³/mol. The fourth-order valence-electron chi connectivity index (χ4n) is 3.06. The van der Waals surface area contributed by atoms with Gasteiger partial charge in [-0.3, -0.25) is 9.98 Å². The number of rotatable bonds is 3. The van der Waals surface area contributed by atoms with Crippen molar-refractivity contribution < 1.29 is 4.39 Å². The standard InChI is InChI=1S/C20H14BrClFN3/c21-14-5-8-16(9-6-14)26-19-11-15(23)7-10-18(19)25(20(26)24)12-13-3-1-2-4-17(13)22/h1-11,24H,12H2. The first kappa shape index (κ1) is 17.1. The van der Waals surface area contributed by atoms with Gasteiger partial charge >= 0.3 is 0 Å². The van der Waals surface area contributed by atoms with Gasteiger partial charge < -0.3 is 4.57 Å². The SMILES string of the molecule is N=c1n(Cc2ccccc2Cl)c2ccc(F)cc2n1-c1ccc(Br)cc1. The van der Waals surface area contributed by atoms with Crippen molar-refractivity contribution in [2.45, 2.75) is 6.54 Å². The van der Waals surface area contributed by atoms with Gasteiger partial charge in [0.05, 0.1) is 17.6 Å². The third-order valence-electron chi connectivity index (χ3n) is 4.31. The minimum atomic E-state index is -0.335. The van der Waals surface area contributed by atoms with Crippen LogP contribution in [0.4, 0.5) is 4.39 Å². The highest BCUT2D eigenvalue weighted by molar-refractivity contribution is 9.10. The minimum Gasteiger partial charge on any atom is -0.306 e. The smallest absolute Gasteiger partial charge is 0.208 e. The molecule has 0 unspecified atom stereocenters. The van der Waals surface area contributed by atoms with Gasteiger partial charge in [-0.1, -0.05) is 45.7 Å². The van der Waals surface area contributed by atoms with Gasteiger partial charge in [0.25, 0.3) is 0 Å². The first-order valence-electron chi connectivity index (χ1n) is 7.99. The van der Waals surface area contributed by atoms with E-state index in [-0.39, 0.29) is 11.4 Å². The van der Waals surface area contributed by atoms with Crippen LogP contribution in [-0.2, 0) is 6.54 Å². The van der Waals surface area contributed by atoms with E-state index in [1.807, 2.05) is 53.1 Å². The molecule has 1 N–H and O–H groups in total. The van der Waals surface area contributed by atoms with Crippen LogP contribution >= 0.6 is 27.5 Å². The molecule has 0 atom stereocenters. The molecule has 1 aromatic heterocycles. The summed E-state index contributed by atoms with van der Waals surface area (Å²) < 4.78 is 18.4. The molecule has 3 nitrogen and oxygen atoms in total. The lowest BCUT2D eigenvalue weighted by atomic mass is 10.2. The maximum absolute atomic E-state index is 13.9. The highest BCUT2D eigenvalue weighted by Gasteiger charge is 2.14. The van der Waals surface area contributed by atoms with E-state index in [4.69, 9.17) is 17.0 Å². The summed E-state index contributed by atoms with van der Waals surface area (Å²) in [6.45, 7) is 0.435. The van der Waals surface area contributed by atoms with Gasteiger partial charge in [0.15, 0.2) is 0 Å². The first-order chi connectivity index (χ1) is 12.5. The Balaban J connectivity index is 1.97. The third kappa shape index (κ3) is 2.97. The molecule has 3 aromatic carbocycles. The summed E-state index contributed by atoms with van der Waals surface area (Å²) in [5.74, 6) is -0.335. The lowest BCUT2D eigenvalue weighted by Gasteiger charge is -2.07. The largest absolute Gasteiger partial charge is 0.306 e. The molecule has 4 rings (SSSR count). The molecule has 1 heterocycles.